The van der Waals surface area contributed by atoms with Crippen molar-refractivity contribution in [3.8, 4) is 0 Å². The smallest absolute Gasteiger partial charge is 0.264 e. The lowest BCUT2D eigenvalue weighted by molar-refractivity contribution is -0.141. The molecule has 1 aliphatic heterocycles. The molecule has 0 unspecified atom stereocenters. The van der Waals surface area contributed by atoms with E-state index in [0.29, 0.717) is 29.2 Å². The van der Waals surface area contributed by atoms with E-state index in [0.717, 1.165) is 5.56 Å². The van der Waals surface area contributed by atoms with E-state index in [-0.39, 0.29) is 12.2 Å². The van der Waals surface area contributed by atoms with E-state index >= 15 is 0 Å². The SMILES string of the molecule is CC(=O)C[C@@]1(O)C(=O)N(CCc2ccccc2)c2ccc(Cl)cc21. The third kappa shape index (κ3) is 2.95. The van der Waals surface area contributed by atoms with Gasteiger partial charge in [-0.2, -0.15) is 0 Å². The number of fused-ring (bicyclic) bond motifs is 1. The van der Waals surface area contributed by atoms with E-state index in [1.54, 1.807) is 23.1 Å². The fraction of sp³-hybridized carbons (Fsp3) is 0.263. The largest absolute Gasteiger partial charge is 0.375 e. The van der Waals surface area contributed by atoms with Crippen LogP contribution < -0.4 is 4.90 Å². The lowest BCUT2D eigenvalue weighted by Gasteiger charge is -2.22. The van der Waals surface area contributed by atoms with Crippen molar-refractivity contribution in [1.29, 1.82) is 0 Å². The predicted molar refractivity (Wildman–Crippen MR) is 93.1 cm³/mol. The Morgan fingerprint density at radius 2 is 1.92 bits per heavy atom. The summed E-state index contributed by atoms with van der Waals surface area (Å²) >= 11 is 6.03. The molecule has 0 saturated carbocycles. The molecule has 1 aliphatic rings. The van der Waals surface area contributed by atoms with Crippen LogP contribution in [0.1, 0.15) is 24.5 Å². The molecule has 1 heterocycles. The van der Waals surface area contributed by atoms with Crippen LogP contribution in [0.4, 0.5) is 5.69 Å². The van der Waals surface area contributed by atoms with E-state index < -0.39 is 11.5 Å². The fourth-order valence-electron chi connectivity index (χ4n) is 3.16. The van der Waals surface area contributed by atoms with Crippen LogP contribution in [0.25, 0.3) is 0 Å². The number of hydrogen-bond donors (Lipinski definition) is 1. The van der Waals surface area contributed by atoms with Crippen molar-refractivity contribution >= 4 is 29.0 Å². The molecule has 0 spiro atoms. The molecule has 1 N–H and O–H groups in total. The first-order valence-corrected chi connectivity index (χ1v) is 8.17. The Kier molecular flexibility index (Phi) is 4.43. The summed E-state index contributed by atoms with van der Waals surface area (Å²) in [5.41, 5.74) is 0.290. The minimum Gasteiger partial charge on any atom is -0.375 e. The van der Waals surface area contributed by atoms with E-state index in [1.807, 2.05) is 30.3 Å². The van der Waals surface area contributed by atoms with Crippen LogP contribution in [-0.2, 0) is 21.6 Å². The third-order valence-corrected chi connectivity index (χ3v) is 4.50. The van der Waals surface area contributed by atoms with E-state index in [1.165, 1.54) is 6.92 Å². The molecule has 4 nitrogen and oxygen atoms in total. The van der Waals surface area contributed by atoms with Gasteiger partial charge in [-0.25, -0.2) is 0 Å². The number of anilines is 1. The molecular formula is C19H18ClNO3. The van der Waals surface area contributed by atoms with Gasteiger partial charge in [0.25, 0.3) is 5.91 Å². The Hall–Kier alpha value is -2.17. The number of rotatable bonds is 5. The van der Waals surface area contributed by atoms with E-state index in [9.17, 15) is 14.7 Å². The van der Waals surface area contributed by atoms with Crippen LogP contribution in [0.15, 0.2) is 48.5 Å². The van der Waals surface area contributed by atoms with Gasteiger partial charge in [0.2, 0.25) is 0 Å². The predicted octanol–water partition coefficient (Wildman–Crippen LogP) is 3.10. The molecule has 0 aliphatic carbocycles. The van der Waals surface area contributed by atoms with Crippen molar-refractivity contribution in [3.63, 3.8) is 0 Å². The van der Waals surface area contributed by atoms with Gasteiger partial charge in [-0.05, 0) is 37.1 Å². The summed E-state index contributed by atoms with van der Waals surface area (Å²) in [6, 6.07) is 14.8. The standard InChI is InChI=1S/C19H18ClNO3/c1-13(22)12-19(24)16-11-15(20)7-8-17(16)21(18(19)23)10-9-14-5-3-2-4-6-14/h2-8,11,24H,9-10,12H2,1H3/t19-/m0/s1. The number of carbonyl (C=O) groups excluding carboxylic acids is 2. The fourth-order valence-corrected chi connectivity index (χ4v) is 3.33. The number of nitrogens with zero attached hydrogens (tertiary/aromatic N) is 1. The number of benzene rings is 2. The lowest BCUT2D eigenvalue weighted by Crippen LogP contribution is -2.42. The van der Waals surface area contributed by atoms with Gasteiger partial charge >= 0.3 is 0 Å². The average Bonchev–Trinajstić information content (AvgIpc) is 2.74. The highest BCUT2D eigenvalue weighted by Crippen LogP contribution is 2.43. The van der Waals surface area contributed by atoms with Gasteiger partial charge in [0, 0.05) is 23.6 Å². The van der Waals surface area contributed by atoms with Crippen LogP contribution in [-0.4, -0.2) is 23.3 Å². The topological polar surface area (TPSA) is 57.6 Å². The molecule has 5 heteroatoms. The Morgan fingerprint density at radius 3 is 2.58 bits per heavy atom. The minimum absolute atomic E-state index is 0.248. The van der Waals surface area contributed by atoms with Crippen molar-refractivity contribution in [1.82, 2.24) is 0 Å². The zero-order valence-electron chi connectivity index (χ0n) is 13.3. The number of ketones is 1. The minimum atomic E-state index is -1.83. The van der Waals surface area contributed by atoms with Gasteiger partial charge in [-0.15, -0.1) is 0 Å². The molecular weight excluding hydrogens is 326 g/mol. The first-order valence-electron chi connectivity index (χ1n) is 7.79. The number of halogens is 1. The van der Waals surface area contributed by atoms with Gasteiger partial charge in [0.15, 0.2) is 5.60 Å². The van der Waals surface area contributed by atoms with Crippen molar-refractivity contribution in [2.45, 2.75) is 25.4 Å². The Balaban J connectivity index is 1.94. The van der Waals surface area contributed by atoms with Crippen molar-refractivity contribution < 1.29 is 14.7 Å². The Labute approximate surface area is 145 Å². The molecule has 3 rings (SSSR count). The summed E-state index contributed by atoms with van der Waals surface area (Å²) in [5.74, 6) is -0.715. The maximum absolute atomic E-state index is 12.8. The third-order valence-electron chi connectivity index (χ3n) is 4.27. The quantitative estimate of drug-likeness (QED) is 0.907. The molecule has 0 bridgehead atoms. The van der Waals surface area contributed by atoms with Crippen molar-refractivity contribution in [2.75, 3.05) is 11.4 Å². The summed E-state index contributed by atoms with van der Waals surface area (Å²) in [5, 5.41) is 11.3. The average molecular weight is 344 g/mol. The number of aliphatic hydroxyl groups is 1. The zero-order chi connectivity index (χ0) is 17.3. The molecule has 0 saturated heterocycles. The van der Waals surface area contributed by atoms with E-state index in [2.05, 4.69) is 0 Å². The summed E-state index contributed by atoms with van der Waals surface area (Å²) in [6.07, 6.45) is 0.409. The molecule has 1 amide bonds. The molecule has 24 heavy (non-hydrogen) atoms. The van der Waals surface area contributed by atoms with Gasteiger partial charge in [-0.3, -0.25) is 9.59 Å². The van der Waals surface area contributed by atoms with Crippen LogP contribution >= 0.6 is 11.6 Å². The first-order chi connectivity index (χ1) is 11.4. The van der Waals surface area contributed by atoms with Crippen LogP contribution in [0.2, 0.25) is 5.02 Å². The maximum atomic E-state index is 12.8. The van der Waals surface area contributed by atoms with Crippen molar-refractivity contribution in [3.05, 3.63) is 64.7 Å². The monoisotopic (exact) mass is 343 g/mol. The number of hydrogen-bond acceptors (Lipinski definition) is 3. The van der Waals surface area contributed by atoms with Crippen LogP contribution in [0.5, 0.6) is 0 Å². The lowest BCUT2D eigenvalue weighted by atomic mass is 9.90. The van der Waals surface area contributed by atoms with Crippen LogP contribution in [0, 0.1) is 0 Å². The number of amides is 1. The van der Waals surface area contributed by atoms with Gasteiger partial charge in [0.05, 0.1) is 5.69 Å². The Bertz CT molecular complexity index is 790. The Morgan fingerprint density at radius 1 is 1.21 bits per heavy atom. The van der Waals surface area contributed by atoms with Gasteiger partial charge in [0.1, 0.15) is 5.78 Å². The normalized spacial score (nSPS) is 19.5. The summed E-state index contributed by atoms with van der Waals surface area (Å²) in [4.78, 5) is 25.9. The zero-order valence-corrected chi connectivity index (χ0v) is 14.1. The van der Waals surface area contributed by atoms with E-state index in [4.69, 9.17) is 11.6 Å². The molecule has 0 fully saturated rings. The molecule has 2 aromatic carbocycles. The molecule has 0 aromatic heterocycles. The highest BCUT2D eigenvalue weighted by atomic mass is 35.5. The second-order valence-corrected chi connectivity index (χ2v) is 6.53. The summed E-state index contributed by atoms with van der Waals surface area (Å²) in [6.45, 7) is 1.79. The number of carbonyl (C=O) groups is 2. The molecule has 124 valence electrons. The molecule has 2 aromatic rings. The highest BCUT2D eigenvalue weighted by Gasteiger charge is 2.50. The molecule has 1 atom stereocenters. The number of Topliss-reactive ketones (excluding diaryl/α,β-unsaturated/α-hetero) is 1. The van der Waals surface area contributed by atoms with Crippen LogP contribution in [0.3, 0.4) is 0 Å². The van der Waals surface area contributed by atoms with Gasteiger partial charge < -0.3 is 10.0 Å². The maximum Gasteiger partial charge on any atom is 0.264 e. The first kappa shape index (κ1) is 16.7. The second-order valence-electron chi connectivity index (χ2n) is 6.09. The highest BCUT2D eigenvalue weighted by molar-refractivity contribution is 6.31. The summed E-state index contributed by atoms with van der Waals surface area (Å²) in [7, 11) is 0. The summed E-state index contributed by atoms with van der Waals surface area (Å²) < 4.78 is 0. The second kappa shape index (κ2) is 6.38. The van der Waals surface area contributed by atoms with Crippen molar-refractivity contribution in [2.24, 2.45) is 0 Å². The molecule has 0 radical (unpaired) electrons. The van der Waals surface area contributed by atoms with Gasteiger partial charge in [-0.1, -0.05) is 41.9 Å².